The van der Waals surface area contributed by atoms with Crippen molar-refractivity contribution in [3.63, 3.8) is 0 Å². The van der Waals surface area contributed by atoms with Crippen molar-refractivity contribution in [2.45, 2.75) is 18.9 Å². The highest BCUT2D eigenvalue weighted by molar-refractivity contribution is 5.49. The molecule has 1 heteroatoms. The maximum atomic E-state index is 9.89. The average Bonchev–Trinajstić information content (AvgIpc) is 2.45. The molecule has 0 saturated carbocycles. The summed E-state index contributed by atoms with van der Waals surface area (Å²) in [6.45, 7) is 0. The van der Waals surface area contributed by atoms with E-state index in [1.807, 2.05) is 60.7 Å². The zero-order valence-corrected chi connectivity index (χ0v) is 10.4. The molecular formula is C17H18O. The molecule has 0 fully saturated rings. The lowest BCUT2D eigenvalue weighted by Crippen LogP contribution is -2.03. The van der Waals surface area contributed by atoms with Gasteiger partial charge in [0.25, 0.3) is 0 Å². The highest BCUT2D eigenvalue weighted by Gasteiger charge is 1.99. The zero-order chi connectivity index (χ0) is 12.6. The summed E-state index contributed by atoms with van der Waals surface area (Å²) in [5, 5.41) is 9.89. The van der Waals surface area contributed by atoms with Crippen LogP contribution in [0.3, 0.4) is 0 Å². The quantitative estimate of drug-likeness (QED) is 0.842. The van der Waals surface area contributed by atoms with Gasteiger partial charge < -0.3 is 5.11 Å². The molecule has 18 heavy (non-hydrogen) atoms. The van der Waals surface area contributed by atoms with Gasteiger partial charge in [0.05, 0.1) is 6.10 Å². The van der Waals surface area contributed by atoms with Gasteiger partial charge in [0, 0.05) is 0 Å². The first kappa shape index (κ1) is 12.6. The van der Waals surface area contributed by atoms with Crippen LogP contribution in [0.4, 0.5) is 0 Å². The van der Waals surface area contributed by atoms with Crippen LogP contribution >= 0.6 is 0 Å². The number of aliphatic hydroxyl groups excluding tert-OH is 1. The van der Waals surface area contributed by atoms with Gasteiger partial charge in [0.1, 0.15) is 0 Å². The number of aliphatic hydroxyl groups is 1. The van der Waals surface area contributed by atoms with E-state index in [0.29, 0.717) is 0 Å². The summed E-state index contributed by atoms with van der Waals surface area (Å²) in [4.78, 5) is 0. The smallest absolute Gasteiger partial charge is 0.0727 e. The number of hydrogen-bond acceptors (Lipinski definition) is 1. The van der Waals surface area contributed by atoms with Crippen LogP contribution in [0.2, 0.25) is 0 Å². The van der Waals surface area contributed by atoms with Crippen LogP contribution in [0.25, 0.3) is 6.08 Å². The summed E-state index contributed by atoms with van der Waals surface area (Å²) >= 11 is 0. The molecule has 0 aromatic heterocycles. The Labute approximate surface area is 108 Å². The normalized spacial score (nSPS) is 12.7. The van der Waals surface area contributed by atoms with Crippen LogP contribution in [0.5, 0.6) is 0 Å². The highest BCUT2D eigenvalue weighted by atomic mass is 16.3. The largest absolute Gasteiger partial charge is 0.389 e. The van der Waals surface area contributed by atoms with Crippen molar-refractivity contribution < 1.29 is 5.11 Å². The molecule has 0 amide bonds. The Balaban J connectivity index is 1.82. The third-order valence-corrected chi connectivity index (χ3v) is 2.88. The molecule has 92 valence electrons. The van der Waals surface area contributed by atoms with Crippen molar-refractivity contribution in [2.75, 3.05) is 0 Å². The molecule has 1 nitrogen and oxygen atoms in total. The van der Waals surface area contributed by atoms with E-state index < -0.39 is 0 Å². The topological polar surface area (TPSA) is 20.2 Å². The summed E-state index contributed by atoms with van der Waals surface area (Å²) in [5.41, 5.74) is 2.39. The maximum absolute atomic E-state index is 9.89. The van der Waals surface area contributed by atoms with Gasteiger partial charge in [0.15, 0.2) is 0 Å². The first-order valence-corrected chi connectivity index (χ1v) is 6.30. The molecule has 2 rings (SSSR count). The SMILES string of the molecule is OC(/C=C/c1ccccc1)CCc1ccccc1. The predicted octanol–water partition coefficient (Wildman–Crippen LogP) is 3.69. The second-order valence-electron chi connectivity index (χ2n) is 4.36. The van der Waals surface area contributed by atoms with E-state index in [2.05, 4.69) is 12.1 Å². The van der Waals surface area contributed by atoms with Gasteiger partial charge in [-0.2, -0.15) is 0 Å². The molecule has 1 N–H and O–H groups in total. The van der Waals surface area contributed by atoms with E-state index in [4.69, 9.17) is 0 Å². The molecule has 0 spiro atoms. The van der Waals surface area contributed by atoms with E-state index in [1.165, 1.54) is 5.56 Å². The van der Waals surface area contributed by atoms with Gasteiger partial charge in [0.2, 0.25) is 0 Å². The van der Waals surface area contributed by atoms with Gasteiger partial charge in [-0.3, -0.25) is 0 Å². The second-order valence-corrected chi connectivity index (χ2v) is 4.36. The number of aryl methyl sites for hydroxylation is 1. The Bertz CT molecular complexity index is 473. The summed E-state index contributed by atoms with van der Waals surface area (Å²) in [5.74, 6) is 0. The fourth-order valence-corrected chi connectivity index (χ4v) is 1.84. The first-order valence-electron chi connectivity index (χ1n) is 6.30. The minimum absolute atomic E-state index is 0.384. The third kappa shape index (κ3) is 4.19. The second kappa shape index (κ2) is 6.77. The molecule has 2 aromatic rings. The molecule has 0 radical (unpaired) electrons. The van der Waals surface area contributed by atoms with E-state index in [9.17, 15) is 5.11 Å². The maximum Gasteiger partial charge on any atom is 0.0727 e. The Morgan fingerprint density at radius 3 is 2.17 bits per heavy atom. The van der Waals surface area contributed by atoms with Crippen molar-refractivity contribution >= 4 is 6.08 Å². The molecule has 0 saturated heterocycles. The highest BCUT2D eigenvalue weighted by Crippen LogP contribution is 2.08. The molecule has 0 bridgehead atoms. The van der Waals surface area contributed by atoms with Gasteiger partial charge in [-0.15, -0.1) is 0 Å². The van der Waals surface area contributed by atoms with Crippen molar-refractivity contribution in [2.24, 2.45) is 0 Å². The number of hydrogen-bond donors (Lipinski definition) is 1. The summed E-state index contributed by atoms with van der Waals surface area (Å²) in [7, 11) is 0. The Morgan fingerprint density at radius 2 is 1.50 bits per heavy atom. The van der Waals surface area contributed by atoms with Crippen LogP contribution < -0.4 is 0 Å². The summed E-state index contributed by atoms with van der Waals surface area (Å²) in [6.07, 6.45) is 5.10. The molecule has 0 aliphatic rings. The predicted molar refractivity (Wildman–Crippen MR) is 76.2 cm³/mol. The Hall–Kier alpha value is -1.86. The van der Waals surface area contributed by atoms with Crippen molar-refractivity contribution in [3.05, 3.63) is 77.9 Å². The number of rotatable bonds is 5. The van der Waals surface area contributed by atoms with E-state index in [-0.39, 0.29) is 6.10 Å². The van der Waals surface area contributed by atoms with Crippen LogP contribution in [-0.4, -0.2) is 11.2 Å². The van der Waals surface area contributed by atoms with Crippen molar-refractivity contribution in [1.29, 1.82) is 0 Å². The van der Waals surface area contributed by atoms with Gasteiger partial charge >= 0.3 is 0 Å². The fraction of sp³-hybridized carbons (Fsp3) is 0.176. The molecule has 0 aliphatic heterocycles. The summed E-state index contributed by atoms with van der Waals surface area (Å²) in [6, 6.07) is 20.3. The Morgan fingerprint density at radius 1 is 0.889 bits per heavy atom. The van der Waals surface area contributed by atoms with Gasteiger partial charge in [-0.05, 0) is 24.0 Å². The van der Waals surface area contributed by atoms with Crippen LogP contribution in [0.1, 0.15) is 17.5 Å². The third-order valence-electron chi connectivity index (χ3n) is 2.88. The molecular weight excluding hydrogens is 220 g/mol. The van der Waals surface area contributed by atoms with E-state index >= 15 is 0 Å². The van der Waals surface area contributed by atoms with Crippen LogP contribution in [-0.2, 0) is 6.42 Å². The van der Waals surface area contributed by atoms with Crippen molar-refractivity contribution in [1.82, 2.24) is 0 Å². The van der Waals surface area contributed by atoms with E-state index in [1.54, 1.807) is 0 Å². The average molecular weight is 238 g/mol. The van der Waals surface area contributed by atoms with Gasteiger partial charge in [-0.1, -0.05) is 72.8 Å². The van der Waals surface area contributed by atoms with E-state index in [0.717, 1.165) is 18.4 Å². The molecule has 2 aromatic carbocycles. The lowest BCUT2D eigenvalue weighted by molar-refractivity contribution is 0.214. The standard InChI is InChI=1S/C17H18O/c18-17(13-11-15-7-3-1-4-8-15)14-12-16-9-5-2-6-10-16/h1-11,13,17-18H,12,14H2/b13-11+. The van der Waals surface area contributed by atoms with Crippen molar-refractivity contribution in [3.8, 4) is 0 Å². The number of benzene rings is 2. The van der Waals surface area contributed by atoms with Crippen LogP contribution in [0.15, 0.2) is 66.7 Å². The molecule has 0 heterocycles. The van der Waals surface area contributed by atoms with Gasteiger partial charge in [-0.25, -0.2) is 0 Å². The molecule has 1 atom stereocenters. The summed E-state index contributed by atoms with van der Waals surface area (Å²) < 4.78 is 0. The first-order chi connectivity index (χ1) is 8.84. The lowest BCUT2D eigenvalue weighted by Gasteiger charge is -2.05. The minimum atomic E-state index is -0.384. The zero-order valence-electron chi connectivity index (χ0n) is 10.4. The minimum Gasteiger partial charge on any atom is -0.389 e. The monoisotopic (exact) mass is 238 g/mol. The van der Waals surface area contributed by atoms with Crippen LogP contribution in [0, 0.1) is 0 Å². The molecule has 0 aliphatic carbocycles. The fourth-order valence-electron chi connectivity index (χ4n) is 1.84. The lowest BCUT2D eigenvalue weighted by atomic mass is 10.1. The Kier molecular flexibility index (Phi) is 4.74. The molecule has 1 unspecified atom stereocenters.